The Morgan fingerprint density at radius 2 is 1.55 bits per heavy atom. The van der Waals surface area contributed by atoms with Gasteiger partial charge in [0.05, 0.1) is 5.38 Å². The Morgan fingerprint density at radius 3 is 2.25 bits per heavy atom. The van der Waals surface area contributed by atoms with E-state index in [1.807, 2.05) is 6.07 Å². The van der Waals surface area contributed by atoms with Gasteiger partial charge in [-0.1, -0.05) is 41.4 Å². The summed E-state index contributed by atoms with van der Waals surface area (Å²) in [6.45, 7) is 8.39. The summed E-state index contributed by atoms with van der Waals surface area (Å²) in [5.74, 6) is 0. The van der Waals surface area contributed by atoms with Crippen LogP contribution in [0.5, 0.6) is 0 Å². The van der Waals surface area contributed by atoms with E-state index in [0.29, 0.717) is 0 Å². The third kappa shape index (κ3) is 3.37. The predicted octanol–water partition coefficient (Wildman–Crippen LogP) is 6.10. The van der Waals surface area contributed by atoms with Gasteiger partial charge in [0.2, 0.25) is 0 Å². The SMILES string of the molecule is Cc1ccc(C)c(CC(Cl)c2cc(C)c(C)cc2Cl)c1. The molecule has 2 aromatic carbocycles. The molecule has 0 bridgehead atoms. The van der Waals surface area contributed by atoms with Crippen LogP contribution < -0.4 is 0 Å². The van der Waals surface area contributed by atoms with E-state index in [1.54, 1.807) is 0 Å². The van der Waals surface area contributed by atoms with Crippen LogP contribution in [-0.4, -0.2) is 0 Å². The fourth-order valence-electron chi connectivity index (χ4n) is 2.37. The number of alkyl halides is 1. The Kier molecular flexibility index (Phi) is 4.78. The molecule has 0 aliphatic rings. The summed E-state index contributed by atoms with van der Waals surface area (Å²) >= 11 is 13.0. The second kappa shape index (κ2) is 6.20. The van der Waals surface area contributed by atoms with Crippen LogP contribution in [0.1, 0.15) is 38.8 Å². The van der Waals surface area contributed by atoms with Crippen molar-refractivity contribution < 1.29 is 0 Å². The summed E-state index contributed by atoms with van der Waals surface area (Å²) < 4.78 is 0. The third-order valence-electron chi connectivity index (χ3n) is 3.85. The Hall–Kier alpha value is -0.980. The lowest BCUT2D eigenvalue weighted by Crippen LogP contribution is -2.00. The molecule has 2 heteroatoms. The number of rotatable bonds is 3. The van der Waals surface area contributed by atoms with Gasteiger partial charge in [0, 0.05) is 5.02 Å². The molecule has 0 heterocycles. The quantitative estimate of drug-likeness (QED) is 0.601. The molecule has 0 saturated heterocycles. The molecule has 106 valence electrons. The summed E-state index contributed by atoms with van der Waals surface area (Å²) in [6.07, 6.45) is 0.803. The summed E-state index contributed by atoms with van der Waals surface area (Å²) in [5.41, 5.74) is 7.30. The van der Waals surface area contributed by atoms with Crippen LogP contribution in [-0.2, 0) is 6.42 Å². The fourth-order valence-corrected chi connectivity index (χ4v) is 3.12. The van der Waals surface area contributed by atoms with Crippen molar-refractivity contribution in [3.63, 3.8) is 0 Å². The first kappa shape index (κ1) is 15.4. The van der Waals surface area contributed by atoms with Gasteiger partial charge in [-0.2, -0.15) is 0 Å². The molecular weight excluding hydrogens is 287 g/mol. The average Bonchev–Trinajstić information content (AvgIpc) is 2.38. The number of halogens is 2. The van der Waals surface area contributed by atoms with Crippen LogP contribution in [0.4, 0.5) is 0 Å². The van der Waals surface area contributed by atoms with Crippen molar-refractivity contribution in [1.82, 2.24) is 0 Å². The fraction of sp³-hybridized carbons (Fsp3) is 0.333. The zero-order valence-corrected chi connectivity index (χ0v) is 13.9. The van der Waals surface area contributed by atoms with Crippen molar-refractivity contribution in [2.75, 3.05) is 0 Å². The summed E-state index contributed by atoms with van der Waals surface area (Å²) in [7, 11) is 0. The van der Waals surface area contributed by atoms with Crippen molar-refractivity contribution >= 4 is 23.2 Å². The van der Waals surface area contributed by atoms with Crippen LogP contribution in [0.25, 0.3) is 0 Å². The van der Waals surface area contributed by atoms with Gasteiger partial charge in [-0.25, -0.2) is 0 Å². The second-order valence-electron chi connectivity index (χ2n) is 5.56. The Balaban J connectivity index is 2.30. The maximum absolute atomic E-state index is 6.61. The van der Waals surface area contributed by atoms with E-state index in [0.717, 1.165) is 17.0 Å². The van der Waals surface area contributed by atoms with E-state index in [2.05, 4.69) is 52.0 Å². The zero-order valence-electron chi connectivity index (χ0n) is 12.4. The first-order valence-corrected chi connectivity index (χ1v) is 7.66. The van der Waals surface area contributed by atoms with Crippen LogP contribution in [0.2, 0.25) is 5.02 Å². The summed E-state index contributed by atoms with van der Waals surface area (Å²) in [4.78, 5) is 0. The molecule has 20 heavy (non-hydrogen) atoms. The number of benzene rings is 2. The van der Waals surface area contributed by atoms with Crippen LogP contribution >= 0.6 is 23.2 Å². The number of hydrogen-bond acceptors (Lipinski definition) is 0. The lowest BCUT2D eigenvalue weighted by atomic mass is 9.96. The van der Waals surface area contributed by atoms with E-state index >= 15 is 0 Å². The van der Waals surface area contributed by atoms with Gasteiger partial charge in [0.1, 0.15) is 0 Å². The normalized spacial score (nSPS) is 12.5. The lowest BCUT2D eigenvalue weighted by molar-refractivity contribution is 0.906. The van der Waals surface area contributed by atoms with Crippen LogP contribution in [0.15, 0.2) is 30.3 Å². The highest BCUT2D eigenvalue weighted by molar-refractivity contribution is 6.32. The Bertz CT molecular complexity index is 630. The monoisotopic (exact) mass is 306 g/mol. The molecule has 1 atom stereocenters. The van der Waals surface area contributed by atoms with Gasteiger partial charge < -0.3 is 0 Å². The highest BCUT2D eigenvalue weighted by Crippen LogP contribution is 2.33. The van der Waals surface area contributed by atoms with E-state index in [4.69, 9.17) is 23.2 Å². The molecular formula is C18H20Cl2. The van der Waals surface area contributed by atoms with Crippen molar-refractivity contribution in [2.45, 2.75) is 39.5 Å². The standard InChI is InChI=1S/C18H20Cl2/c1-11-5-6-12(2)15(7-11)10-18(20)16-8-13(3)14(4)9-17(16)19/h5-9,18H,10H2,1-4H3. The Morgan fingerprint density at radius 1 is 0.900 bits per heavy atom. The molecule has 0 N–H and O–H groups in total. The number of aryl methyl sites for hydroxylation is 4. The third-order valence-corrected chi connectivity index (χ3v) is 4.57. The molecule has 0 aliphatic carbocycles. The second-order valence-corrected chi connectivity index (χ2v) is 6.49. The first-order chi connectivity index (χ1) is 9.38. The largest absolute Gasteiger partial charge is 0.117 e. The molecule has 0 radical (unpaired) electrons. The zero-order chi connectivity index (χ0) is 14.9. The summed E-state index contributed by atoms with van der Waals surface area (Å²) in [6, 6.07) is 10.6. The maximum Gasteiger partial charge on any atom is 0.0640 e. The van der Waals surface area contributed by atoms with E-state index in [1.165, 1.54) is 27.8 Å². The molecule has 0 nitrogen and oxygen atoms in total. The highest BCUT2D eigenvalue weighted by Gasteiger charge is 2.15. The topological polar surface area (TPSA) is 0 Å². The minimum atomic E-state index is -0.0951. The molecule has 2 aromatic rings. The van der Waals surface area contributed by atoms with Crippen LogP contribution in [0, 0.1) is 27.7 Å². The number of hydrogen-bond donors (Lipinski definition) is 0. The van der Waals surface area contributed by atoms with Gasteiger partial charge in [-0.15, -0.1) is 11.6 Å². The molecule has 1 unspecified atom stereocenters. The highest BCUT2D eigenvalue weighted by atomic mass is 35.5. The van der Waals surface area contributed by atoms with E-state index < -0.39 is 0 Å². The van der Waals surface area contributed by atoms with Crippen molar-refractivity contribution in [2.24, 2.45) is 0 Å². The molecule has 0 saturated carbocycles. The molecule has 0 aromatic heterocycles. The summed E-state index contributed by atoms with van der Waals surface area (Å²) in [5, 5.41) is 0.667. The van der Waals surface area contributed by atoms with E-state index in [-0.39, 0.29) is 5.38 Å². The Labute approximate surface area is 131 Å². The minimum Gasteiger partial charge on any atom is -0.117 e. The van der Waals surface area contributed by atoms with Gasteiger partial charge in [-0.05, 0) is 68.0 Å². The average molecular weight is 307 g/mol. The van der Waals surface area contributed by atoms with Crippen molar-refractivity contribution in [3.8, 4) is 0 Å². The van der Waals surface area contributed by atoms with Gasteiger partial charge in [0.15, 0.2) is 0 Å². The van der Waals surface area contributed by atoms with Crippen molar-refractivity contribution in [1.29, 1.82) is 0 Å². The lowest BCUT2D eigenvalue weighted by Gasteiger charge is -2.16. The van der Waals surface area contributed by atoms with E-state index in [9.17, 15) is 0 Å². The van der Waals surface area contributed by atoms with Crippen LogP contribution in [0.3, 0.4) is 0 Å². The molecule has 0 amide bonds. The smallest absolute Gasteiger partial charge is 0.0640 e. The minimum absolute atomic E-state index is 0.0951. The van der Waals surface area contributed by atoms with Crippen molar-refractivity contribution in [3.05, 3.63) is 68.7 Å². The van der Waals surface area contributed by atoms with Gasteiger partial charge in [-0.3, -0.25) is 0 Å². The maximum atomic E-state index is 6.61. The first-order valence-electron chi connectivity index (χ1n) is 6.85. The predicted molar refractivity (Wildman–Crippen MR) is 89.1 cm³/mol. The van der Waals surface area contributed by atoms with Gasteiger partial charge >= 0.3 is 0 Å². The molecule has 0 aliphatic heterocycles. The molecule has 2 rings (SSSR count). The molecule has 0 spiro atoms. The molecule has 0 fully saturated rings. The van der Waals surface area contributed by atoms with Gasteiger partial charge in [0.25, 0.3) is 0 Å².